The number of pyridine rings is 2. The highest BCUT2D eigenvalue weighted by atomic mass is 16.2. The summed E-state index contributed by atoms with van der Waals surface area (Å²) in [7, 11) is 0. The molecule has 0 spiro atoms. The Balaban J connectivity index is 1.68. The third kappa shape index (κ3) is 2.70. The zero-order chi connectivity index (χ0) is 20.0. The van der Waals surface area contributed by atoms with Gasteiger partial charge < -0.3 is 0 Å². The van der Waals surface area contributed by atoms with Crippen molar-refractivity contribution < 1.29 is 9.59 Å². The Kier molecular flexibility index (Phi) is 3.95. The Morgan fingerprint density at radius 2 is 1.41 bits per heavy atom. The maximum Gasteiger partial charge on any atom is 0.262 e. The van der Waals surface area contributed by atoms with Gasteiger partial charge in [-0.2, -0.15) is 0 Å². The van der Waals surface area contributed by atoms with E-state index in [0.717, 1.165) is 22.2 Å². The lowest BCUT2D eigenvalue weighted by Gasteiger charge is -2.24. The molecule has 0 radical (unpaired) electrons. The van der Waals surface area contributed by atoms with Crippen LogP contribution in [0.1, 0.15) is 39.4 Å². The van der Waals surface area contributed by atoms with E-state index in [1.165, 1.54) is 4.90 Å². The molecule has 0 N–H and O–H groups in total. The second kappa shape index (κ2) is 6.63. The van der Waals surface area contributed by atoms with Crippen molar-refractivity contribution in [3.63, 3.8) is 0 Å². The van der Waals surface area contributed by atoms with Crippen LogP contribution >= 0.6 is 0 Å². The topological polar surface area (TPSA) is 63.2 Å². The van der Waals surface area contributed by atoms with E-state index in [-0.39, 0.29) is 11.8 Å². The average molecular weight is 379 g/mol. The second-order valence-electron chi connectivity index (χ2n) is 7.03. The highest BCUT2D eigenvalue weighted by molar-refractivity contribution is 6.21. The van der Waals surface area contributed by atoms with Crippen LogP contribution in [0.2, 0.25) is 0 Å². The monoisotopic (exact) mass is 379 g/mol. The quantitative estimate of drug-likeness (QED) is 0.486. The molecule has 1 unspecified atom stereocenters. The number of aromatic nitrogens is 2. The van der Waals surface area contributed by atoms with E-state index < -0.39 is 6.04 Å². The lowest BCUT2D eigenvalue weighted by Crippen LogP contribution is -2.33. The molecule has 5 rings (SSSR count). The van der Waals surface area contributed by atoms with Crippen molar-refractivity contribution in [1.29, 1.82) is 0 Å². The molecule has 2 aromatic carbocycles. The number of amides is 2. The van der Waals surface area contributed by atoms with Crippen LogP contribution < -0.4 is 0 Å². The summed E-state index contributed by atoms with van der Waals surface area (Å²) in [5.41, 5.74) is 4.87. The Bertz CT molecular complexity index is 1230. The average Bonchev–Trinajstić information content (AvgIpc) is 3.03. The summed E-state index contributed by atoms with van der Waals surface area (Å²) in [5, 5.41) is 0. The molecule has 0 saturated heterocycles. The molecule has 2 amide bonds. The number of benzene rings is 2. The number of fused-ring (bicyclic) bond motifs is 2. The minimum Gasteiger partial charge on any atom is -0.269 e. The fraction of sp³-hybridized carbons (Fsp3) is 0.0833. The predicted molar refractivity (Wildman–Crippen MR) is 110 cm³/mol. The van der Waals surface area contributed by atoms with Crippen molar-refractivity contribution in [3.05, 3.63) is 95.8 Å². The van der Waals surface area contributed by atoms with Crippen molar-refractivity contribution in [2.75, 3.05) is 0 Å². The van der Waals surface area contributed by atoms with E-state index in [1.54, 1.807) is 30.5 Å². The van der Waals surface area contributed by atoms with Crippen molar-refractivity contribution in [3.8, 4) is 11.1 Å². The van der Waals surface area contributed by atoms with Crippen LogP contribution in [0, 0.1) is 0 Å². The summed E-state index contributed by atoms with van der Waals surface area (Å²) in [5.74, 6) is -0.574. The number of nitrogens with zero attached hydrogens (tertiary/aromatic N) is 3. The van der Waals surface area contributed by atoms with E-state index in [2.05, 4.69) is 4.98 Å². The van der Waals surface area contributed by atoms with Crippen LogP contribution in [0.3, 0.4) is 0 Å². The van der Waals surface area contributed by atoms with Gasteiger partial charge in [0.1, 0.15) is 0 Å². The second-order valence-corrected chi connectivity index (χ2v) is 7.03. The van der Waals surface area contributed by atoms with E-state index in [9.17, 15) is 9.59 Å². The summed E-state index contributed by atoms with van der Waals surface area (Å²) in [6.45, 7) is 1.85. The van der Waals surface area contributed by atoms with Crippen molar-refractivity contribution >= 4 is 22.8 Å². The molecular weight excluding hydrogens is 362 g/mol. The van der Waals surface area contributed by atoms with Crippen LogP contribution in [-0.4, -0.2) is 26.7 Å². The lowest BCUT2D eigenvalue weighted by molar-refractivity contribution is 0.0593. The molecule has 1 aliphatic rings. The number of rotatable bonds is 3. The first kappa shape index (κ1) is 17.3. The predicted octanol–water partition coefficient (Wildman–Crippen LogP) is 4.65. The summed E-state index contributed by atoms with van der Waals surface area (Å²) in [6, 6.07) is 21.9. The summed E-state index contributed by atoms with van der Waals surface area (Å²) in [6.07, 6.45) is 1.73. The first-order chi connectivity index (χ1) is 14.1. The standard InChI is InChI=1S/C24H17N3O2/c1-15(27-23(28)17-10-5-6-11-18(17)24(27)29)22-19(16-8-3-2-4-9-16)14-21-20(26-22)12-7-13-25-21/h2-15H,1H3. The number of imide groups is 1. The van der Waals surface area contributed by atoms with Gasteiger partial charge in [0.2, 0.25) is 0 Å². The third-order valence-electron chi connectivity index (χ3n) is 5.31. The fourth-order valence-electron chi connectivity index (χ4n) is 3.86. The first-order valence-electron chi connectivity index (χ1n) is 9.43. The van der Waals surface area contributed by atoms with Gasteiger partial charge in [0, 0.05) is 11.8 Å². The van der Waals surface area contributed by atoms with Crippen molar-refractivity contribution in [2.45, 2.75) is 13.0 Å². The van der Waals surface area contributed by atoms with Gasteiger partial charge in [0.05, 0.1) is 33.9 Å². The smallest absolute Gasteiger partial charge is 0.262 e. The SMILES string of the molecule is CC(c1nc2cccnc2cc1-c1ccccc1)N1C(=O)c2ccccc2C1=O. The molecule has 5 heteroatoms. The van der Waals surface area contributed by atoms with E-state index in [0.29, 0.717) is 16.8 Å². The van der Waals surface area contributed by atoms with Crippen LogP contribution in [0.5, 0.6) is 0 Å². The van der Waals surface area contributed by atoms with Gasteiger partial charge in [0.25, 0.3) is 11.8 Å². The van der Waals surface area contributed by atoms with E-state index in [4.69, 9.17) is 4.98 Å². The molecule has 1 aliphatic heterocycles. The normalized spacial score (nSPS) is 14.3. The summed E-state index contributed by atoms with van der Waals surface area (Å²) >= 11 is 0. The number of hydrogen-bond acceptors (Lipinski definition) is 4. The van der Waals surface area contributed by atoms with Gasteiger partial charge in [-0.25, -0.2) is 4.98 Å². The largest absolute Gasteiger partial charge is 0.269 e. The number of carbonyl (C=O) groups excluding carboxylic acids is 2. The minimum absolute atomic E-state index is 0.287. The molecule has 0 fully saturated rings. The third-order valence-corrected chi connectivity index (χ3v) is 5.31. The molecule has 0 aliphatic carbocycles. The van der Waals surface area contributed by atoms with Crippen LogP contribution in [0.4, 0.5) is 0 Å². The Hall–Kier alpha value is -3.86. The van der Waals surface area contributed by atoms with Crippen molar-refractivity contribution in [2.24, 2.45) is 0 Å². The minimum atomic E-state index is -0.526. The molecule has 0 bridgehead atoms. The van der Waals surface area contributed by atoms with Gasteiger partial charge >= 0.3 is 0 Å². The molecule has 0 saturated carbocycles. The molecule has 3 heterocycles. The Morgan fingerprint density at radius 3 is 2.10 bits per heavy atom. The highest BCUT2D eigenvalue weighted by Gasteiger charge is 2.39. The fourth-order valence-corrected chi connectivity index (χ4v) is 3.86. The number of carbonyl (C=O) groups is 2. The lowest BCUT2D eigenvalue weighted by atomic mass is 9.98. The van der Waals surface area contributed by atoms with Gasteiger partial charge in [-0.1, -0.05) is 42.5 Å². The van der Waals surface area contributed by atoms with E-state index >= 15 is 0 Å². The van der Waals surface area contributed by atoms with Gasteiger partial charge in [-0.05, 0) is 42.8 Å². The van der Waals surface area contributed by atoms with Gasteiger partial charge in [-0.15, -0.1) is 0 Å². The van der Waals surface area contributed by atoms with Crippen LogP contribution in [0.25, 0.3) is 22.2 Å². The molecular formula is C24H17N3O2. The molecule has 5 nitrogen and oxygen atoms in total. The summed E-state index contributed by atoms with van der Waals surface area (Å²) in [4.78, 5) is 36.5. The molecule has 29 heavy (non-hydrogen) atoms. The maximum atomic E-state index is 13.0. The molecule has 140 valence electrons. The molecule has 2 aromatic heterocycles. The summed E-state index contributed by atoms with van der Waals surface area (Å²) < 4.78 is 0. The molecule has 1 atom stereocenters. The zero-order valence-corrected chi connectivity index (χ0v) is 15.7. The maximum absolute atomic E-state index is 13.0. The van der Waals surface area contributed by atoms with E-state index in [1.807, 2.05) is 55.5 Å². The Labute approximate surface area is 167 Å². The van der Waals surface area contributed by atoms with Crippen LogP contribution in [-0.2, 0) is 0 Å². The van der Waals surface area contributed by atoms with Gasteiger partial charge in [-0.3, -0.25) is 19.5 Å². The van der Waals surface area contributed by atoms with Crippen LogP contribution in [0.15, 0.2) is 79.0 Å². The first-order valence-corrected chi connectivity index (χ1v) is 9.43. The molecule has 4 aromatic rings. The highest BCUT2D eigenvalue weighted by Crippen LogP contribution is 2.36. The zero-order valence-electron chi connectivity index (χ0n) is 15.7. The Morgan fingerprint density at radius 1 is 0.759 bits per heavy atom. The number of hydrogen-bond donors (Lipinski definition) is 0. The van der Waals surface area contributed by atoms with Gasteiger partial charge in [0.15, 0.2) is 0 Å². The van der Waals surface area contributed by atoms with Crippen molar-refractivity contribution in [1.82, 2.24) is 14.9 Å².